The van der Waals surface area contributed by atoms with Crippen molar-refractivity contribution in [1.82, 2.24) is 15.1 Å². The van der Waals surface area contributed by atoms with E-state index in [9.17, 15) is 4.79 Å². The van der Waals surface area contributed by atoms with Crippen LogP contribution in [0.15, 0.2) is 4.99 Å². The van der Waals surface area contributed by atoms with Crippen molar-refractivity contribution in [1.29, 1.82) is 0 Å². The zero-order chi connectivity index (χ0) is 21.0. The van der Waals surface area contributed by atoms with Gasteiger partial charge in [0.15, 0.2) is 5.96 Å². The molecule has 0 aromatic carbocycles. The number of ether oxygens (including phenoxy) is 2. The maximum Gasteiger partial charge on any atom is 0.410 e. The van der Waals surface area contributed by atoms with Crippen LogP contribution in [0.2, 0.25) is 0 Å². The van der Waals surface area contributed by atoms with Gasteiger partial charge in [0.1, 0.15) is 5.60 Å². The van der Waals surface area contributed by atoms with Crippen LogP contribution in [0, 0.1) is 5.92 Å². The fourth-order valence-electron chi connectivity index (χ4n) is 3.38. The Morgan fingerprint density at radius 2 is 1.89 bits per heavy atom. The molecule has 1 fully saturated rings. The van der Waals surface area contributed by atoms with Gasteiger partial charge in [-0.1, -0.05) is 0 Å². The second-order valence-electron chi connectivity index (χ2n) is 8.48. The van der Waals surface area contributed by atoms with Crippen LogP contribution in [0.1, 0.15) is 59.8 Å². The topological polar surface area (TPSA) is 66.4 Å². The van der Waals surface area contributed by atoms with E-state index < -0.39 is 5.60 Å². The average molecular weight is 399 g/mol. The van der Waals surface area contributed by atoms with E-state index in [1.54, 1.807) is 7.11 Å². The van der Waals surface area contributed by atoms with Gasteiger partial charge in [0.05, 0.1) is 0 Å². The number of piperidine rings is 1. The summed E-state index contributed by atoms with van der Waals surface area (Å²) in [6.07, 6.45) is 5.32. The van der Waals surface area contributed by atoms with E-state index >= 15 is 0 Å². The Labute approximate surface area is 171 Å². The standard InChI is InChI=1S/C21H42N4O3/c1-7-24(20(26)28-21(2,3)4)17-18-11-14-25(15-12-18)19(22-5)23-13-9-8-10-16-27-6/h18H,7-17H2,1-6H3,(H,22,23). The van der Waals surface area contributed by atoms with Gasteiger partial charge in [-0.15, -0.1) is 0 Å². The van der Waals surface area contributed by atoms with Crippen LogP contribution >= 0.6 is 0 Å². The molecule has 0 radical (unpaired) electrons. The minimum atomic E-state index is -0.449. The van der Waals surface area contributed by atoms with Crippen molar-refractivity contribution in [3.8, 4) is 0 Å². The van der Waals surface area contributed by atoms with Crippen LogP contribution in [0.3, 0.4) is 0 Å². The van der Waals surface area contributed by atoms with Crippen molar-refractivity contribution >= 4 is 12.1 Å². The number of nitrogens with one attached hydrogen (secondary N) is 1. The first-order valence-corrected chi connectivity index (χ1v) is 10.7. The van der Waals surface area contributed by atoms with Gasteiger partial charge < -0.3 is 24.6 Å². The van der Waals surface area contributed by atoms with Crippen molar-refractivity contribution in [2.24, 2.45) is 10.9 Å². The summed E-state index contributed by atoms with van der Waals surface area (Å²) in [6.45, 7) is 12.9. The number of hydrogen-bond donors (Lipinski definition) is 1. The Bertz CT molecular complexity index is 469. The molecule has 1 N–H and O–H groups in total. The Balaban J connectivity index is 2.36. The molecule has 0 saturated carbocycles. The van der Waals surface area contributed by atoms with Gasteiger partial charge in [-0.2, -0.15) is 0 Å². The molecule has 0 spiro atoms. The molecule has 1 rings (SSSR count). The third-order valence-electron chi connectivity index (χ3n) is 4.95. The Morgan fingerprint density at radius 3 is 2.43 bits per heavy atom. The molecular formula is C21H42N4O3. The summed E-state index contributed by atoms with van der Waals surface area (Å²) in [7, 11) is 3.59. The number of carbonyl (C=O) groups excluding carboxylic acids is 1. The molecule has 28 heavy (non-hydrogen) atoms. The van der Waals surface area contributed by atoms with Gasteiger partial charge in [0.25, 0.3) is 0 Å². The third kappa shape index (κ3) is 9.62. The molecule has 7 heteroatoms. The Hall–Kier alpha value is -1.50. The first-order chi connectivity index (χ1) is 13.3. The summed E-state index contributed by atoms with van der Waals surface area (Å²) in [4.78, 5) is 21.0. The average Bonchev–Trinajstić information content (AvgIpc) is 2.65. The number of unbranched alkanes of at least 4 members (excludes halogenated alkanes) is 2. The number of likely N-dealkylation sites (tertiary alicyclic amines) is 1. The van der Waals surface area contributed by atoms with Crippen LogP contribution in [-0.4, -0.2) is 80.9 Å². The highest BCUT2D eigenvalue weighted by atomic mass is 16.6. The predicted octanol–water partition coefficient (Wildman–Crippen LogP) is 3.35. The Morgan fingerprint density at radius 1 is 1.21 bits per heavy atom. The maximum absolute atomic E-state index is 12.4. The van der Waals surface area contributed by atoms with Crippen LogP contribution in [-0.2, 0) is 9.47 Å². The normalized spacial score (nSPS) is 16.2. The lowest BCUT2D eigenvalue weighted by Gasteiger charge is -2.36. The molecule has 0 atom stereocenters. The lowest BCUT2D eigenvalue weighted by molar-refractivity contribution is 0.0214. The first kappa shape index (κ1) is 24.5. The molecule has 1 aliphatic heterocycles. The highest BCUT2D eigenvalue weighted by molar-refractivity contribution is 5.79. The van der Waals surface area contributed by atoms with Gasteiger partial charge >= 0.3 is 6.09 Å². The zero-order valence-corrected chi connectivity index (χ0v) is 18.9. The highest BCUT2D eigenvalue weighted by Crippen LogP contribution is 2.20. The molecular weight excluding hydrogens is 356 g/mol. The van der Waals surface area contributed by atoms with Crippen LogP contribution < -0.4 is 5.32 Å². The van der Waals surface area contributed by atoms with Crippen molar-refractivity contribution in [3.05, 3.63) is 0 Å². The van der Waals surface area contributed by atoms with Crippen LogP contribution in [0.25, 0.3) is 0 Å². The molecule has 0 aromatic heterocycles. The minimum Gasteiger partial charge on any atom is -0.444 e. The maximum atomic E-state index is 12.4. The zero-order valence-electron chi connectivity index (χ0n) is 18.9. The second kappa shape index (κ2) is 12.9. The largest absolute Gasteiger partial charge is 0.444 e. The molecule has 1 aliphatic rings. The van der Waals surface area contributed by atoms with Crippen LogP contribution in [0.4, 0.5) is 4.79 Å². The smallest absolute Gasteiger partial charge is 0.410 e. The summed E-state index contributed by atoms with van der Waals surface area (Å²) in [5, 5.41) is 3.48. The van der Waals surface area contributed by atoms with Gasteiger partial charge in [-0.25, -0.2) is 4.79 Å². The summed E-state index contributed by atoms with van der Waals surface area (Å²) in [5.41, 5.74) is -0.449. The molecule has 1 saturated heterocycles. The van der Waals surface area contributed by atoms with Gasteiger partial charge in [0.2, 0.25) is 0 Å². The monoisotopic (exact) mass is 398 g/mol. The van der Waals surface area contributed by atoms with Gasteiger partial charge in [-0.3, -0.25) is 4.99 Å². The number of rotatable bonds is 9. The first-order valence-electron chi connectivity index (χ1n) is 10.7. The molecule has 0 bridgehead atoms. The summed E-state index contributed by atoms with van der Waals surface area (Å²) < 4.78 is 10.6. The van der Waals surface area contributed by atoms with E-state index in [4.69, 9.17) is 9.47 Å². The molecule has 7 nitrogen and oxygen atoms in total. The quantitative estimate of drug-likeness (QED) is 0.366. The number of hydrogen-bond acceptors (Lipinski definition) is 4. The molecule has 0 aliphatic carbocycles. The SMILES string of the molecule is CCN(CC1CCN(C(=NC)NCCCCCOC)CC1)C(=O)OC(C)(C)C. The van der Waals surface area contributed by atoms with Gasteiger partial charge in [0, 0.05) is 53.5 Å². The molecule has 1 heterocycles. The third-order valence-corrected chi connectivity index (χ3v) is 4.95. The Kier molecular flexibility index (Phi) is 11.3. The number of nitrogens with zero attached hydrogens (tertiary/aromatic N) is 3. The number of amides is 1. The fourth-order valence-corrected chi connectivity index (χ4v) is 3.38. The van der Waals surface area contributed by atoms with Crippen molar-refractivity contribution in [2.75, 3.05) is 53.5 Å². The second-order valence-corrected chi connectivity index (χ2v) is 8.48. The van der Waals surface area contributed by atoms with E-state index in [-0.39, 0.29) is 6.09 Å². The summed E-state index contributed by atoms with van der Waals surface area (Å²) in [5.74, 6) is 1.50. The predicted molar refractivity (Wildman–Crippen MR) is 115 cm³/mol. The number of carbonyl (C=O) groups is 1. The number of methoxy groups -OCH3 is 1. The van der Waals surface area contributed by atoms with Gasteiger partial charge in [-0.05, 0) is 65.7 Å². The van der Waals surface area contributed by atoms with Crippen molar-refractivity contribution < 1.29 is 14.3 Å². The molecule has 164 valence electrons. The van der Waals surface area contributed by atoms with E-state index in [1.807, 2.05) is 39.6 Å². The molecule has 0 aromatic rings. The highest BCUT2D eigenvalue weighted by Gasteiger charge is 2.27. The summed E-state index contributed by atoms with van der Waals surface area (Å²) in [6, 6.07) is 0. The van der Waals surface area contributed by atoms with Crippen molar-refractivity contribution in [3.63, 3.8) is 0 Å². The number of guanidine groups is 1. The van der Waals surface area contributed by atoms with E-state index in [0.29, 0.717) is 12.5 Å². The van der Waals surface area contributed by atoms with E-state index in [2.05, 4.69) is 15.2 Å². The fraction of sp³-hybridized carbons (Fsp3) is 0.905. The minimum absolute atomic E-state index is 0.205. The molecule has 1 amide bonds. The number of aliphatic imine (C=N–C) groups is 1. The van der Waals surface area contributed by atoms with Crippen LogP contribution in [0.5, 0.6) is 0 Å². The van der Waals surface area contributed by atoms with Crippen molar-refractivity contribution in [2.45, 2.75) is 65.4 Å². The van der Waals surface area contributed by atoms with E-state index in [0.717, 1.165) is 70.8 Å². The molecule has 0 unspecified atom stereocenters. The lowest BCUT2D eigenvalue weighted by atomic mass is 9.96. The van der Waals surface area contributed by atoms with E-state index in [1.165, 1.54) is 0 Å². The lowest BCUT2D eigenvalue weighted by Crippen LogP contribution is -2.48. The summed E-state index contributed by atoms with van der Waals surface area (Å²) >= 11 is 0.